The molecule has 7 rings (SSSR count). The predicted octanol–water partition coefficient (Wildman–Crippen LogP) is 5.50. The summed E-state index contributed by atoms with van der Waals surface area (Å²) in [6.45, 7) is 0.242. The number of benzene rings is 2. The summed E-state index contributed by atoms with van der Waals surface area (Å²) in [4.78, 5) is 24.5. The monoisotopic (exact) mass is 561 g/mol. The number of carbonyl (C=O) groups excluding carboxylic acids is 1. The number of nitrogens with zero attached hydrogens (tertiary/aromatic N) is 6. The van der Waals surface area contributed by atoms with Crippen LogP contribution in [-0.2, 0) is 20.1 Å². The van der Waals surface area contributed by atoms with E-state index in [-0.39, 0.29) is 36.2 Å². The molecule has 3 aromatic heterocycles. The molecule has 2 aromatic carbocycles. The molecule has 0 unspecified atom stereocenters. The molecule has 1 saturated carbocycles. The van der Waals surface area contributed by atoms with Gasteiger partial charge in [0.1, 0.15) is 36.2 Å². The van der Waals surface area contributed by atoms with E-state index >= 15 is 4.39 Å². The summed E-state index contributed by atoms with van der Waals surface area (Å²) < 4.78 is 21.8. The summed E-state index contributed by atoms with van der Waals surface area (Å²) in [5.41, 5.74) is 5.16. The molecule has 0 saturated heterocycles. The van der Waals surface area contributed by atoms with Gasteiger partial charge in [-0.1, -0.05) is 6.07 Å². The summed E-state index contributed by atoms with van der Waals surface area (Å²) in [6, 6.07) is 14.4. The quantitative estimate of drug-likeness (QED) is 0.266. The lowest BCUT2D eigenvalue weighted by molar-refractivity contribution is 0.0995. The molecule has 0 radical (unpaired) electrons. The van der Waals surface area contributed by atoms with Crippen LogP contribution in [0.4, 0.5) is 15.9 Å². The van der Waals surface area contributed by atoms with E-state index < -0.39 is 5.82 Å². The summed E-state index contributed by atoms with van der Waals surface area (Å²) in [7, 11) is 1.78. The zero-order chi connectivity index (χ0) is 29.0. The molecule has 1 aliphatic carbocycles. The second-order valence-electron chi connectivity index (χ2n) is 10.5. The van der Waals surface area contributed by atoms with Crippen LogP contribution in [0.5, 0.6) is 5.75 Å². The molecule has 0 bridgehead atoms. The molecule has 1 aliphatic heterocycles. The number of furan rings is 1. The third-order valence-corrected chi connectivity index (χ3v) is 7.58. The molecule has 10 nitrogen and oxygen atoms in total. The van der Waals surface area contributed by atoms with Crippen molar-refractivity contribution >= 4 is 17.4 Å². The number of nitrogens with one attached hydrogen (secondary N) is 1. The van der Waals surface area contributed by atoms with Gasteiger partial charge in [-0.25, -0.2) is 14.4 Å². The van der Waals surface area contributed by atoms with E-state index in [4.69, 9.17) is 9.40 Å². The van der Waals surface area contributed by atoms with Crippen molar-refractivity contribution in [1.82, 2.24) is 19.7 Å². The zero-order valence-electron chi connectivity index (χ0n) is 22.5. The predicted molar refractivity (Wildman–Crippen MR) is 151 cm³/mol. The van der Waals surface area contributed by atoms with Gasteiger partial charge in [0.15, 0.2) is 11.6 Å². The number of aromatic nitrogens is 4. The van der Waals surface area contributed by atoms with Gasteiger partial charge in [-0.05, 0) is 65.9 Å². The lowest BCUT2D eigenvalue weighted by atomic mass is 9.96. The van der Waals surface area contributed by atoms with Crippen LogP contribution in [-0.4, -0.2) is 30.8 Å². The summed E-state index contributed by atoms with van der Waals surface area (Å²) in [5.74, 6) is 0.322. The molecule has 1 amide bonds. The van der Waals surface area contributed by atoms with Crippen LogP contribution in [0.15, 0.2) is 65.7 Å². The number of anilines is 2. The summed E-state index contributed by atoms with van der Waals surface area (Å²) in [6.07, 6.45) is 6.15. The van der Waals surface area contributed by atoms with Gasteiger partial charge in [-0.15, -0.1) is 0 Å². The van der Waals surface area contributed by atoms with Gasteiger partial charge in [0.25, 0.3) is 5.91 Å². The summed E-state index contributed by atoms with van der Waals surface area (Å²) >= 11 is 0. The van der Waals surface area contributed by atoms with E-state index in [9.17, 15) is 15.2 Å². The number of carbonyl (C=O) groups is 1. The molecule has 4 heterocycles. The first-order chi connectivity index (χ1) is 20.4. The zero-order valence-corrected chi connectivity index (χ0v) is 22.5. The van der Waals surface area contributed by atoms with Crippen molar-refractivity contribution in [3.63, 3.8) is 0 Å². The van der Waals surface area contributed by atoms with Crippen molar-refractivity contribution in [2.45, 2.75) is 31.8 Å². The number of nitriles is 1. The largest absolute Gasteiger partial charge is 0.503 e. The van der Waals surface area contributed by atoms with Gasteiger partial charge < -0.3 is 14.8 Å². The van der Waals surface area contributed by atoms with Crippen LogP contribution < -0.4 is 10.2 Å². The van der Waals surface area contributed by atoms with Crippen molar-refractivity contribution in [3.05, 3.63) is 95.1 Å². The van der Waals surface area contributed by atoms with Gasteiger partial charge in [0, 0.05) is 41.9 Å². The van der Waals surface area contributed by atoms with E-state index in [0.29, 0.717) is 39.6 Å². The number of halogens is 1. The van der Waals surface area contributed by atoms with E-state index in [1.807, 2.05) is 18.2 Å². The Morgan fingerprint density at radius 1 is 1.14 bits per heavy atom. The number of hydrogen-bond donors (Lipinski definition) is 2. The fraction of sp³-hybridized carbons (Fsp3) is 0.194. The lowest BCUT2D eigenvalue weighted by Crippen LogP contribution is -2.24. The number of pyridine rings is 1. The Hall–Kier alpha value is -5.50. The number of amides is 1. The molecule has 5 aromatic rings. The van der Waals surface area contributed by atoms with Gasteiger partial charge in [0.2, 0.25) is 0 Å². The molecule has 0 spiro atoms. The van der Waals surface area contributed by atoms with E-state index in [0.717, 1.165) is 29.7 Å². The highest BCUT2D eigenvalue weighted by Crippen LogP contribution is 2.43. The van der Waals surface area contributed by atoms with Crippen LogP contribution in [0.2, 0.25) is 0 Å². The minimum atomic E-state index is -0.481. The standard InChI is InChI=1S/C31H24FN7O3/c1-38-16-35-30(37-38)22-6-17(11-33)2-5-21(22)20-9-26(19-3-4-19)36-29(10-20)39-13-24-23(31(39)41)7-18(8-25(24)32)12-34-27-14-42-15-28(27)40/h2,5-10,14-16,19,34,40H,3-4,12-13H2,1H3. The van der Waals surface area contributed by atoms with Crippen LogP contribution in [0.25, 0.3) is 22.5 Å². The first-order valence-corrected chi connectivity index (χ1v) is 13.4. The number of aryl methyl sites for hydroxylation is 1. The molecular formula is C31H24FN7O3. The van der Waals surface area contributed by atoms with Crippen molar-refractivity contribution in [2.24, 2.45) is 7.05 Å². The maximum absolute atomic E-state index is 15.3. The van der Waals surface area contributed by atoms with Gasteiger partial charge in [0.05, 0.1) is 18.2 Å². The molecule has 2 aliphatic rings. The van der Waals surface area contributed by atoms with Crippen LogP contribution >= 0.6 is 0 Å². The number of rotatable bonds is 7. The smallest absolute Gasteiger partial charge is 0.260 e. The normalized spacial score (nSPS) is 14.2. The fourth-order valence-corrected chi connectivity index (χ4v) is 5.26. The first kappa shape index (κ1) is 25.5. The van der Waals surface area contributed by atoms with Crippen molar-refractivity contribution in [3.8, 4) is 34.3 Å². The van der Waals surface area contributed by atoms with E-state index in [1.54, 1.807) is 36.3 Å². The Morgan fingerprint density at radius 3 is 2.71 bits per heavy atom. The van der Waals surface area contributed by atoms with Gasteiger partial charge in [-0.3, -0.25) is 14.4 Å². The highest BCUT2D eigenvalue weighted by molar-refractivity contribution is 6.10. The molecule has 2 N–H and O–H groups in total. The Labute approximate surface area is 239 Å². The van der Waals surface area contributed by atoms with Crippen LogP contribution in [0.1, 0.15) is 51.5 Å². The number of fused-ring (bicyclic) bond motifs is 1. The third-order valence-electron chi connectivity index (χ3n) is 7.58. The minimum absolute atomic E-state index is 0.0544. The number of hydrogen-bond acceptors (Lipinski definition) is 8. The highest BCUT2D eigenvalue weighted by Gasteiger charge is 2.34. The second kappa shape index (κ2) is 9.85. The number of aromatic hydroxyl groups is 1. The topological polar surface area (TPSA) is 133 Å². The van der Waals surface area contributed by atoms with Gasteiger partial charge in [-0.2, -0.15) is 10.4 Å². The third kappa shape index (κ3) is 4.53. The molecular weight excluding hydrogens is 537 g/mol. The lowest BCUT2D eigenvalue weighted by Gasteiger charge is -2.18. The highest BCUT2D eigenvalue weighted by atomic mass is 19.1. The average Bonchev–Trinajstić information content (AvgIpc) is 3.50. The minimum Gasteiger partial charge on any atom is -0.503 e. The van der Waals surface area contributed by atoms with Crippen molar-refractivity contribution < 1.29 is 18.7 Å². The van der Waals surface area contributed by atoms with Crippen molar-refractivity contribution in [2.75, 3.05) is 10.2 Å². The molecule has 0 atom stereocenters. The molecule has 1 fully saturated rings. The molecule has 11 heteroatoms. The fourth-order valence-electron chi connectivity index (χ4n) is 5.26. The maximum Gasteiger partial charge on any atom is 0.260 e. The van der Waals surface area contributed by atoms with Crippen LogP contribution in [0.3, 0.4) is 0 Å². The second-order valence-corrected chi connectivity index (χ2v) is 10.5. The molecule has 42 heavy (non-hydrogen) atoms. The first-order valence-electron chi connectivity index (χ1n) is 13.4. The SMILES string of the molecule is Cn1cnc(-c2cc(C#N)ccc2-c2cc(C3CC3)nc(N3Cc4c(F)cc(CNc5cocc5O)cc4C3=O)c2)n1. The maximum atomic E-state index is 15.3. The Morgan fingerprint density at radius 2 is 2.00 bits per heavy atom. The van der Waals surface area contributed by atoms with Crippen LogP contribution in [0, 0.1) is 17.1 Å². The van der Waals surface area contributed by atoms with E-state index in [2.05, 4.69) is 21.5 Å². The average molecular weight is 562 g/mol. The van der Waals surface area contributed by atoms with Crippen molar-refractivity contribution in [1.29, 1.82) is 5.26 Å². The Bertz CT molecular complexity index is 1920. The Balaban J connectivity index is 1.26. The summed E-state index contributed by atoms with van der Waals surface area (Å²) in [5, 5.41) is 26.8. The molecule has 208 valence electrons. The Kier molecular flexibility index (Phi) is 5.97. The van der Waals surface area contributed by atoms with E-state index in [1.165, 1.54) is 23.5 Å². The van der Waals surface area contributed by atoms with Gasteiger partial charge >= 0.3 is 0 Å².